The van der Waals surface area contributed by atoms with E-state index in [2.05, 4.69) is 33.2 Å². The number of piperidine rings is 1. The molecule has 5 heteroatoms. The van der Waals surface area contributed by atoms with E-state index in [4.69, 9.17) is 9.78 Å². The molecule has 0 saturated carbocycles. The summed E-state index contributed by atoms with van der Waals surface area (Å²) in [5, 5.41) is 13.1. The predicted molar refractivity (Wildman–Crippen MR) is 87.5 cm³/mol. The first-order valence-corrected chi connectivity index (χ1v) is 8.35. The maximum Gasteiger partial charge on any atom is 0.244 e. The maximum atomic E-state index is 9.10. The molecule has 1 fully saturated rings. The van der Waals surface area contributed by atoms with Crippen molar-refractivity contribution < 1.29 is 4.52 Å². The standard InChI is InChI=1S/C18H22N4O/c1-2-15(12-19)18-20-17(21-23-18)16-8-6-7-14(11-16)13-22-9-4-3-5-10-22/h6-8,11,15H,2-5,9-10,13H2,1H3. The summed E-state index contributed by atoms with van der Waals surface area (Å²) in [6.07, 6.45) is 4.60. The van der Waals surface area contributed by atoms with Gasteiger partial charge in [-0.3, -0.25) is 4.90 Å². The largest absolute Gasteiger partial charge is 0.338 e. The first kappa shape index (κ1) is 15.7. The molecule has 0 aliphatic carbocycles. The molecule has 120 valence electrons. The van der Waals surface area contributed by atoms with Gasteiger partial charge in [0.25, 0.3) is 0 Å². The van der Waals surface area contributed by atoms with Crippen molar-refractivity contribution in [3.8, 4) is 17.5 Å². The zero-order chi connectivity index (χ0) is 16.1. The predicted octanol–water partition coefficient (Wildman–Crippen LogP) is 3.74. The second-order valence-electron chi connectivity index (χ2n) is 6.08. The molecule has 0 radical (unpaired) electrons. The van der Waals surface area contributed by atoms with Gasteiger partial charge in [0.05, 0.1) is 6.07 Å². The van der Waals surface area contributed by atoms with Gasteiger partial charge in [-0.25, -0.2) is 0 Å². The van der Waals surface area contributed by atoms with Gasteiger partial charge in [-0.15, -0.1) is 0 Å². The minimum atomic E-state index is -0.326. The van der Waals surface area contributed by atoms with Crippen molar-refractivity contribution in [2.45, 2.75) is 45.1 Å². The molecule has 5 nitrogen and oxygen atoms in total. The molecule has 23 heavy (non-hydrogen) atoms. The Morgan fingerprint density at radius 2 is 2.13 bits per heavy atom. The smallest absolute Gasteiger partial charge is 0.244 e. The van der Waals surface area contributed by atoms with E-state index in [1.165, 1.54) is 37.9 Å². The van der Waals surface area contributed by atoms with E-state index in [1.807, 2.05) is 19.1 Å². The number of nitrogens with zero attached hydrogens (tertiary/aromatic N) is 4. The summed E-state index contributed by atoms with van der Waals surface area (Å²) in [4.78, 5) is 6.89. The van der Waals surface area contributed by atoms with Crippen LogP contribution in [0.3, 0.4) is 0 Å². The third kappa shape index (κ3) is 3.77. The number of rotatable bonds is 5. The summed E-state index contributed by atoms with van der Waals surface area (Å²) >= 11 is 0. The fourth-order valence-corrected chi connectivity index (χ4v) is 3.00. The van der Waals surface area contributed by atoms with Gasteiger partial charge < -0.3 is 4.52 Å². The van der Waals surface area contributed by atoms with Crippen LogP contribution in [0.2, 0.25) is 0 Å². The highest BCUT2D eigenvalue weighted by Gasteiger charge is 2.17. The number of benzene rings is 1. The summed E-state index contributed by atoms with van der Waals surface area (Å²) in [7, 11) is 0. The van der Waals surface area contributed by atoms with Gasteiger partial charge in [-0.05, 0) is 44.0 Å². The Morgan fingerprint density at radius 3 is 2.87 bits per heavy atom. The average Bonchev–Trinajstić information content (AvgIpc) is 3.07. The van der Waals surface area contributed by atoms with Crippen molar-refractivity contribution in [1.29, 1.82) is 5.26 Å². The Balaban J connectivity index is 1.75. The fraction of sp³-hybridized carbons (Fsp3) is 0.500. The summed E-state index contributed by atoms with van der Waals surface area (Å²) in [6.45, 7) is 5.26. The third-order valence-corrected chi connectivity index (χ3v) is 4.34. The Kier molecular flexibility index (Phi) is 5.04. The van der Waals surface area contributed by atoms with Crippen LogP contribution in [0, 0.1) is 11.3 Å². The summed E-state index contributed by atoms with van der Waals surface area (Å²) in [5.41, 5.74) is 2.21. The van der Waals surface area contributed by atoms with Crippen LogP contribution in [-0.4, -0.2) is 28.1 Å². The monoisotopic (exact) mass is 310 g/mol. The van der Waals surface area contributed by atoms with Gasteiger partial charge in [0.1, 0.15) is 5.92 Å². The molecule has 1 saturated heterocycles. The van der Waals surface area contributed by atoms with E-state index in [0.717, 1.165) is 12.1 Å². The van der Waals surface area contributed by atoms with E-state index in [1.54, 1.807) is 0 Å². The second kappa shape index (κ2) is 7.38. The van der Waals surface area contributed by atoms with Crippen LogP contribution in [0.25, 0.3) is 11.4 Å². The van der Waals surface area contributed by atoms with Crippen LogP contribution in [0.15, 0.2) is 28.8 Å². The molecule has 1 aromatic carbocycles. The van der Waals surface area contributed by atoms with E-state index in [0.29, 0.717) is 18.1 Å². The van der Waals surface area contributed by atoms with E-state index in [9.17, 15) is 0 Å². The molecule has 2 heterocycles. The van der Waals surface area contributed by atoms with E-state index in [-0.39, 0.29) is 5.92 Å². The van der Waals surface area contributed by atoms with Gasteiger partial charge in [-0.2, -0.15) is 10.2 Å². The van der Waals surface area contributed by atoms with Crippen LogP contribution in [0.1, 0.15) is 50.0 Å². The highest BCUT2D eigenvalue weighted by Crippen LogP contribution is 2.23. The summed E-state index contributed by atoms with van der Waals surface area (Å²) < 4.78 is 5.26. The molecule has 2 aromatic rings. The molecule has 0 bridgehead atoms. The Labute approximate surface area is 136 Å². The zero-order valence-corrected chi connectivity index (χ0v) is 13.5. The molecule has 1 atom stereocenters. The van der Waals surface area contributed by atoms with Crippen LogP contribution < -0.4 is 0 Å². The molecule has 1 aliphatic rings. The van der Waals surface area contributed by atoms with Crippen molar-refractivity contribution in [3.63, 3.8) is 0 Å². The molecule has 1 aliphatic heterocycles. The zero-order valence-electron chi connectivity index (χ0n) is 13.5. The van der Waals surface area contributed by atoms with Crippen LogP contribution in [-0.2, 0) is 6.54 Å². The van der Waals surface area contributed by atoms with Crippen molar-refractivity contribution in [3.05, 3.63) is 35.7 Å². The molecule has 0 spiro atoms. The summed E-state index contributed by atoms with van der Waals surface area (Å²) in [6, 6.07) is 10.5. The van der Waals surface area contributed by atoms with E-state index >= 15 is 0 Å². The fourth-order valence-electron chi connectivity index (χ4n) is 3.00. The van der Waals surface area contributed by atoms with Crippen molar-refractivity contribution in [1.82, 2.24) is 15.0 Å². The lowest BCUT2D eigenvalue weighted by Crippen LogP contribution is -2.29. The lowest BCUT2D eigenvalue weighted by molar-refractivity contribution is 0.221. The average molecular weight is 310 g/mol. The lowest BCUT2D eigenvalue weighted by Gasteiger charge is -2.26. The minimum Gasteiger partial charge on any atom is -0.338 e. The van der Waals surface area contributed by atoms with Gasteiger partial charge in [0.2, 0.25) is 11.7 Å². The Bertz CT molecular complexity index is 682. The number of aromatic nitrogens is 2. The van der Waals surface area contributed by atoms with Crippen molar-refractivity contribution in [2.75, 3.05) is 13.1 Å². The number of nitriles is 1. The minimum absolute atomic E-state index is 0.326. The SMILES string of the molecule is CCC(C#N)c1nc(-c2cccc(CN3CCCCC3)c2)no1. The second-order valence-corrected chi connectivity index (χ2v) is 6.08. The van der Waals surface area contributed by atoms with Crippen molar-refractivity contribution >= 4 is 0 Å². The first-order valence-electron chi connectivity index (χ1n) is 8.35. The Hall–Kier alpha value is -2.19. The van der Waals surface area contributed by atoms with Gasteiger partial charge in [0, 0.05) is 12.1 Å². The lowest BCUT2D eigenvalue weighted by atomic mass is 10.1. The molecule has 1 unspecified atom stereocenters. The van der Waals surface area contributed by atoms with Crippen molar-refractivity contribution in [2.24, 2.45) is 0 Å². The number of hydrogen-bond donors (Lipinski definition) is 0. The van der Waals surface area contributed by atoms with Gasteiger partial charge in [-0.1, -0.05) is 36.7 Å². The molecular formula is C18H22N4O. The summed E-state index contributed by atoms with van der Waals surface area (Å²) in [5.74, 6) is 0.647. The van der Waals surface area contributed by atoms with Crippen LogP contribution in [0.4, 0.5) is 0 Å². The quantitative estimate of drug-likeness (QED) is 0.841. The Morgan fingerprint density at radius 1 is 1.30 bits per heavy atom. The molecule has 1 aromatic heterocycles. The van der Waals surface area contributed by atoms with E-state index < -0.39 is 0 Å². The topological polar surface area (TPSA) is 66.0 Å². The van der Waals surface area contributed by atoms with Crippen LogP contribution in [0.5, 0.6) is 0 Å². The number of hydrogen-bond acceptors (Lipinski definition) is 5. The normalized spacial score (nSPS) is 16.9. The first-order chi connectivity index (χ1) is 11.3. The van der Waals surface area contributed by atoms with Gasteiger partial charge >= 0.3 is 0 Å². The highest BCUT2D eigenvalue weighted by atomic mass is 16.5. The van der Waals surface area contributed by atoms with Gasteiger partial charge in [0.15, 0.2) is 0 Å². The molecular weight excluding hydrogens is 288 g/mol. The maximum absolute atomic E-state index is 9.10. The molecule has 0 amide bonds. The highest BCUT2D eigenvalue weighted by molar-refractivity contribution is 5.55. The molecule has 3 rings (SSSR count). The van der Waals surface area contributed by atoms with Crippen LogP contribution >= 0.6 is 0 Å². The third-order valence-electron chi connectivity index (χ3n) is 4.34. The number of likely N-dealkylation sites (tertiary alicyclic amines) is 1. The molecule has 0 N–H and O–H groups in total.